The molecule has 4 N–H and O–H groups in total. The Morgan fingerprint density at radius 2 is 1.05 bits per heavy atom. The van der Waals surface area contributed by atoms with Crippen LogP contribution in [0.25, 0.3) is 0 Å². The summed E-state index contributed by atoms with van der Waals surface area (Å²) in [6, 6.07) is 19.8. The molecule has 12 nitrogen and oxygen atoms in total. The fourth-order valence-electron chi connectivity index (χ4n) is 7.49. The predicted octanol–water partition coefficient (Wildman–Crippen LogP) is 0.542. The zero-order chi connectivity index (χ0) is 29.5. The van der Waals surface area contributed by atoms with Crippen molar-refractivity contribution in [3.05, 3.63) is 107 Å². The predicted molar refractivity (Wildman–Crippen MR) is 144 cm³/mol. The highest BCUT2D eigenvalue weighted by molar-refractivity contribution is 6.27. The van der Waals surface area contributed by atoms with E-state index in [1.165, 1.54) is 48.5 Å². The number of amides is 4. The number of hydrogen-bond donors (Lipinski definition) is 4. The molecule has 2 heterocycles. The fraction of sp³-hybridized carbons (Fsp3) is 0.200. The van der Waals surface area contributed by atoms with Crippen LogP contribution >= 0.6 is 0 Å². The summed E-state index contributed by atoms with van der Waals surface area (Å²) < 4.78 is 0. The number of benzene rings is 3. The van der Waals surface area contributed by atoms with E-state index in [9.17, 15) is 40.0 Å². The number of carbonyl (C=O) groups excluding carboxylic acids is 4. The molecule has 1 saturated carbocycles. The van der Waals surface area contributed by atoms with E-state index in [1.807, 2.05) is 0 Å². The van der Waals surface area contributed by atoms with Crippen molar-refractivity contribution >= 4 is 46.4 Å². The maximum Gasteiger partial charge on any atom is 0.238 e. The summed E-state index contributed by atoms with van der Waals surface area (Å²) in [6.45, 7) is 0. The summed E-state index contributed by atoms with van der Waals surface area (Å²) >= 11 is 0. The molecule has 3 aliphatic carbocycles. The number of nitrogens with zero attached hydrogens (tertiary/aromatic N) is 2. The van der Waals surface area contributed by atoms with Crippen molar-refractivity contribution in [2.45, 2.75) is 5.41 Å². The lowest BCUT2D eigenvalue weighted by atomic mass is 9.45. The number of quaternary nitrogens is 2. The molecule has 3 aromatic rings. The highest BCUT2D eigenvalue weighted by Gasteiger charge is 2.75. The van der Waals surface area contributed by atoms with Crippen molar-refractivity contribution in [3.63, 3.8) is 0 Å². The molecular formula is C30H24N4O8. The summed E-state index contributed by atoms with van der Waals surface area (Å²) in [4.78, 5) is 58.7. The fourth-order valence-corrected chi connectivity index (χ4v) is 7.49. The summed E-state index contributed by atoms with van der Waals surface area (Å²) in [7, 11) is 0. The third kappa shape index (κ3) is 3.38. The average Bonchev–Trinajstić information content (AvgIpc) is 3.44. The maximum atomic E-state index is 14.3. The highest BCUT2D eigenvalue weighted by atomic mass is 16.8. The summed E-state index contributed by atoms with van der Waals surface area (Å²) in [5.41, 5.74) is -0.251. The van der Waals surface area contributed by atoms with Gasteiger partial charge in [0.1, 0.15) is 0 Å². The van der Waals surface area contributed by atoms with Gasteiger partial charge in [0.2, 0.25) is 23.6 Å². The molecule has 4 amide bonds. The van der Waals surface area contributed by atoms with Crippen molar-refractivity contribution in [1.29, 1.82) is 0 Å². The quantitative estimate of drug-likeness (QED) is 0.196. The van der Waals surface area contributed by atoms with E-state index in [1.54, 1.807) is 42.5 Å². The molecule has 4 unspecified atom stereocenters. The van der Waals surface area contributed by atoms with Gasteiger partial charge in [0.25, 0.3) is 0 Å². The van der Waals surface area contributed by atoms with Gasteiger partial charge in [-0.2, -0.15) is 10.5 Å². The average molecular weight is 569 g/mol. The van der Waals surface area contributed by atoms with Gasteiger partial charge >= 0.3 is 0 Å². The highest BCUT2D eigenvalue weighted by Crippen LogP contribution is 2.65. The zero-order valence-corrected chi connectivity index (χ0v) is 21.8. The maximum absolute atomic E-state index is 14.3. The van der Waals surface area contributed by atoms with Gasteiger partial charge in [-0.15, -0.1) is 0 Å². The van der Waals surface area contributed by atoms with Gasteiger partial charge in [0.15, 0.2) is 11.4 Å². The number of anilines is 2. The second kappa shape index (κ2) is 9.22. The largest absolute Gasteiger partial charge is 0.595 e. The molecule has 3 aromatic carbocycles. The lowest BCUT2D eigenvalue weighted by Crippen LogP contribution is -2.99. The van der Waals surface area contributed by atoms with Crippen LogP contribution in [0.3, 0.4) is 0 Å². The van der Waals surface area contributed by atoms with Crippen molar-refractivity contribution in [2.75, 3.05) is 9.80 Å². The van der Waals surface area contributed by atoms with Crippen LogP contribution in [0, 0.1) is 40.0 Å². The molecule has 42 heavy (non-hydrogen) atoms. The van der Waals surface area contributed by atoms with Gasteiger partial charge in [0, 0.05) is 35.6 Å². The first kappa shape index (κ1) is 26.3. The Kier molecular flexibility index (Phi) is 5.79. The normalized spacial score (nSPS) is 31.0. The Morgan fingerprint density at radius 3 is 1.45 bits per heavy atom. The minimum absolute atomic E-state index is 0.0000394. The van der Waals surface area contributed by atoms with Crippen molar-refractivity contribution in [2.24, 2.45) is 29.6 Å². The molecule has 8 atom stereocenters. The molecule has 5 aliphatic rings. The lowest BCUT2D eigenvalue weighted by Gasteiger charge is -2.53. The number of nitrogens with one attached hydrogen (secondary N) is 2. The summed E-state index contributed by atoms with van der Waals surface area (Å²) in [6.07, 6.45) is 3.58. The number of imide groups is 2. The summed E-state index contributed by atoms with van der Waals surface area (Å²) in [5.74, 6) is -6.59. The molecule has 0 spiro atoms. The van der Waals surface area contributed by atoms with E-state index in [0.29, 0.717) is 5.56 Å². The standard InChI is InChI=1S/C30H24N4O8/c35-26-22-21-14-15-30(16-4-2-1-3-5-16,24(22)28(37)31(26)17-6-10-19(11-7-17)33(39)40)25-23(21)27(36)32(29(25)38)18-8-12-20(13-9-18)34(41)42/h1-15,21-25,33-34,39,41H/t21?,22-,23+,24-,25-,30?/m1/s1. The van der Waals surface area contributed by atoms with Gasteiger partial charge in [-0.05, 0) is 29.8 Å². The monoisotopic (exact) mass is 568 g/mol. The minimum Gasteiger partial charge on any atom is -0.595 e. The van der Waals surface area contributed by atoms with E-state index in [-0.39, 0.29) is 22.7 Å². The molecule has 2 bridgehead atoms. The molecule has 3 fully saturated rings. The van der Waals surface area contributed by atoms with Gasteiger partial charge in [-0.25, -0.2) is 20.2 Å². The van der Waals surface area contributed by atoms with E-state index in [4.69, 9.17) is 0 Å². The summed E-state index contributed by atoms with van der Waals surface area (Å²) in [5, 5.41) is 39.0. The van der Waals surface area contributed by atoms with Crippen molar-refractivity contribution in [3.8, 4) is 0 Å². The van der Waals surface area contributed by atoms with Crippen LogP contribution in [0.15, 0.2) is 91.0 Å². The Morgan fingerprint density at radius 1 is 0.619 bits per heavy atom. The third-order valence-electron chi connectivity index (χ3n) is 9.17. The van der Waals surface area contributed by atoms with Crippen LogP contribution in [0.5, 0.6) is 0 Å². The van der Waals surface area contributed by atoms with Crippen LogP contribution in [0.4, 0.5) is 22.7 Å². The van der Waals surface area contributed by atoms with Crippen LogP contribution in [-0.4, -0.2) is 34.0 Å². The third-order valence-corrected chi connectivity index (χ3v) is 9.17. The number of carbonyl (C=O) groups is 4. The molecular weight excluding hydrogens is 544 g/mol. The Balaban J connectivity index is 1.36. The van der Waals surface area contributed by atoms with E-state index < -0.39 is 69.1 Å². The molecule has 0 radical (unpaired) electrons. The van der Waals surface area contributed by atoms with Gasteiger partial charge in [-0.3, -0.25) is 19.2 Å². The Bertz CT molecular complexity index is 1560. The topological polar surface area (TPSA) is 170 Å². The number of hydrogen-bond acceptors (Lipinski definition) is 8. The van der Waals surface area contributed by atoms with Crippen LogP contribution in [0.1, 0.15) is 5.56 Å². The first-order valence-electron chi connectivity index (χ1n) is 13.3. The van der Waals surface area contributed by atoms with Gasteiger partial charge < -0.3 is 10.4 Å². The minimum atomic E-state index is -1.31. The van der Waals surface area contributed by atoms with Gasteiger partial charge in [-0.1, -0.05) is 42.5 Å². The van der Waals surface area contributed by atoms with Gasteiger partial charge in [0.05, 0.1) is 35.0 Å². The molecule has 8 rings (SSSR count). The van der Waals surface area contributed by atoms with Crippen molar-refractivity contribution < 1.29 is 40.0 Å². The number of allylic oxidation sites excluding steroid dienone is 2. The van der Waals surface area contributed by atoms with Crippen LogP contribution in [-0.2, 0) is 24.6 Å². The first-order valence-corrected chi connectivity index (χ1v) is 13.3. The van der Waals surface area contributed by atoms with Crippen molar-refractivity contribution in [1.82, 2.24) is 0 Å². The second-order valence-electron chi connectivity index (χ2n) is 11.0. The van der Waals surface area contributed by atoms with E-state index >= 15 is 0 Å². The van der Waals surface area contributed by atoms with E-state index in [2.05, 4.69) is 0 Å². The Hall–Kier alpha value is -4.56. The second-order valence-corrected chi connectivity index (χ2v) is 11.0. The zero-order valence-electron chi connectivity index (χ0n) is 21.8. The smallest absolute Gasteiger partial charge is 0.238 e. The SMILES string of the molecule is O=C1[C@@H]2C3C=CC(c4ccccc4)([C@H]2C(=O)N1c1ccc([NH+]([O-])O)cc1)[C@H]1C(=O)N(c2ccc([NH+]([O-])O)cc2)C(=O)[C@@H]31. The molecule has 2 aliphatic heterocycles. The molecule has 2 saturated heterocycles. The van der Waals surface area contributed by atoms with Crippen LogP contribution in [0.2, 0.25) is 0 Å². The number of rotatable bonds is 5. The molecule has 12 heteroatoms. The Labute approximate surface area is 238 Å². The van der Waals surface area contributed by atoms with E-state index in [0.717, 1.165) is 9.80 Å². The van der Waals surface area contributed by atoms with Crippen LogP contribution < -0.4 is 20.3 Å². The lowest BCUT2D eigenvalue weighted by molar-refractivity contribution is -0.991. The molecule has 212 valence electrons. The first-order chi connectivity index (χ1) is 20.2. The molecule has 0 aromatic heterocycles.